The van der Waals surface area contributed by atoms with Gasteiger partial charge in [-0.25, -0.2) is 4.98 Å². The number of nitrogens with zero attached hydrogens (tertiary/aromatic N) is 1. The monoisotopic (exact) mass is 279 g/mol. The molecule has 3 heteroatoms. The molecule has 0 fully saturated rings. The first-order valence-corrected chi connectivity index (χ1v) is 6.05. The summed E-state index contributed by atoms with van der Waals surface area (Å²) in [6.07, 6.45) is 7.04. The smallest absolute Gasteiger partial charge is 0.106 e. The molecular weight excluding hydrogens is 266 g/mol. The zero-order valence-electron chi connectivity index (χ0n) is 9.15. The summed E-state index contributed by atoms with van der Waals surface area (Å²) < 4.78 is 0.803. The highest BCUT2D eigenvalue weighted by molar-refractivity contribution is 9.10. The van der Waals surface area contributed by atoms with E-state index in [4.69, 9.17) is 0 Å². The molecule has 1 aliphatic rings. The fraction of sp³-hybridized carbons (Fsp3) is 0.308. The average Bonchev–Trinajstić information content (AvgIpc) is 2.31. The molecule has 2 nitrogen and oxygen atoms in total. The summed E-state index contributed by atoms with van der Waals surface area (Å²) in [7, 11) is 0. The Balaban J connectivity index is 2.40. The Morgan fingerprint density at radius 3 is 2.88 bits per heavy atom. The molecule has 1 atom stereocenters. The molecule has 2 rings (SSSR count). The predicted octanol–water partition coefficient (Wildman–Crippen LogP) is 2.98. The van der Waals surface area contributed by atoms with E-state index in [1.54, 1.807) is 0 Å². The van der Waals surface area contributed by atoms with Gasteiger partial charge in [0.15, 0.2) is 0 Å². The molecule has 16 heavy (non-hydrogen) atoms. The quantitative estimate of drug-likeness (QED) is 0.845. The van der Waals surface area contributed by atoms with Crippen molar-refractivity contribution in [1.29, 1.82) is 0 Å². The van der Waals surface area contributed by atoms with Crippen molar-refractivity contribution in [3.63, 3.8) is 0 Å². The zero-order valence-corrected chi connectivity index (χ0v) is 10.7. The van der Waals surface area contributed by atoms with Gasteiger partial charge in [-0.2, -0.15) is 0 Å². The van der Waals surface area contributed by atoms with Gasteiger partial charge < -0.3 is 5.11 Å². The lowest BCUT2D eigenvalue weighted by Gasteiger charge is -2.29. The second-order valence-electron chi connectivity index (χ2n) is 4.15. The van der Waals surface area contributed by atoms with E-state index in [1.165, 1.54) is 5.57 Å². The third kappa shape index (κ3) is 2.11. The number of aliphatic hydroxyl groups is 1. The maximum atomic E-state index is 9.64. The van der Waals surface area contributed by atoms with Gasteiger partial charge in [0, 0.05) is 0 Å². The molecule has 0 amide bonds. The van der Waals surface area contributed by atoms with Gasteiger partial charge in [0.1, 0.15) is 4.60 Å². The standard InChI is InChI=1S/C13H14BrNO/c1-10-5-7-13(9-16,8-6-10)11-3-2-4-12(14)15-11/h2-7,16H,8-9H2,1H3. The molecule has 0 aliphatic heterocycles. The summed E-state index contributed by atoms with van der Waals surface area (Å²) in [4.78, 5) is 4.44. The normalized spacial score (nSPS) is 24.3. The lowest BCUT2D eigenvalue weighted by atomic mass is 9.78. The molecule has 0 saturated carbocycles. The molecule has 1 aromatic rings. The van der Waals surface area contributed by atoms with Crippen LogP contribution in [0.2, 0.25) is 0 Å². The van der Waals surface area contributed by atoms with Crippen molar-refractivity contribution in [1.82, 2.24) is 4.98 Å². The van der Waals surface area contributed by atoms with Crippen LogP contribution in [-0.2, 0) is 5.41 Å². The molecule has 0 bridgehead atoms. The van der Waals surface area contributed by atoms with Crippen molar-refractivity contribution in [2.45, 2.75) is 18.8 Å². The van der Waals surface area contributed by atoms with Gasteiger partial charge in [-0.15, -0.1) is 0 Å². The first kappa shape index (κ1) is 11.6. The van der Waals surface area contributed by atoms with Crippen LogP contribution in [0, 0.1) is 0 Å². The average molecular weight is 280 g/mol. The molecule has 1 unspecified atom stereocenters. The van der Waals surface area contributed by atoms with E-state index in [1.807, 2.05) is 24.3 Å². The number of hydrogen-bond acceptors (Lipinski definition) is 2. The van der Waals surface area contributed by atoms with Gasteiger partial charge in [0.2, 0.25) is 0 Å². The van der Waals surface area contributed by atoms with Crippen molar-refractivity contribution in [3.05, 3.63) is 52.3 Å². The molecule has 0 radical (unpaired) electrons. The number of aromatic nitrogens is 1. The van der Waals surface area contributed by atoms with E-state index >= 15 is 0 Å². The molecule has 1 aliphatic carbocycles. The molecule has 1 heterocycles. The summed E-state index contributed by atoms with van der Waals surface area (Å²) in [5, 5.41) is 9.64. The Labute approximate surface area is 104 Å². The summed E-state index contributed by atoms with van der Waals surface area (Å²) >= 11 is 3.36. The fourth-order valence-electron chi connectivity index (χ4n) is 1.84. The lowest BCUT2D eigenvalue weighted by molar-refractivity contribution is 0.221. The minimum absolute atomic E-state index is 0.0801. The summed E-state index contributed by atoms with van der Waals surface area (Å²) in [6, 6.07) is 5.80. The van der Waals surface area contributed by atoms with Gasteiger partial charge >= 0.3 is 0 Å². The third-order valence-corrected chi connectivity index (χ3v) is 3.40. The van der Waals surface area contributed by atoms with Gasteiger partial charge in [0.25, 0.3) is 0 Å². The van der Waals surface area contributed by atoms with Crippen molar-refractivity contribution >= 4 is 15.9 Å². The number of rotatable bonds is 2. The van der Waals surface area contributed by atoms with Crippen molar-refractivity contribution < 1.29 is 5.11 Å². The Kier molecular flexibility index (Phi) is 3.26. The van der Waals surface area contributed by atoms with Crippen LogP contribution in [0.4, 0.5) is 0 Å². The minimum atomic E-state index is -0.358. The maximum absolute atomic E-state index is 9.64. The number of allylic oxidation sites excluding steroid dienone is 3. The predicted molar refractivity (Wildman–Crippen MR) is 68.2 cm³/mol. The number of halogens is 1. The first-order chi connectivity index (χ1) is 7.66. The van der Waals surface area contributed by atoms with Crippen molar-refractivity contribution in [3.8, 4) is 0 Å². The second kappa shape index (κ2) is 4.52. The van der Waals surface area contributed by atoms with E-state index in [-0.39, 0.29) is 12.0 Å². The van der Waals surface area contributed by atoms with Crippen LogP contribution in [0.1, 0.15) is 19.0 Å². The first-order valence-electron chi connectivity index (χ1n) is 5.26. The summed E-state index contributed by atoms with van der Waals surface area (Å²) in [5.41, 5.74) is 1.78. The van der Waals surface area contributed by atoms with E-state index in [2.05, 4.69) is 40.0 Å². The van der Waals surface area contributed by atoms with Crippen LogP contribution in [-0.4, -0.2) is 16.7 Å². The molecule has 0 aromatic carbocycles. The molecule has 84 valence electrons. The third-order valence-electron chi connectivity index (χ3n) is 2.96. The minimum Gasteiger partial charge on any atom is -0.395 e. The largest absolute Gasteiger partial charge is 0.395 e. The van der Waals surface area contributed by atoms with Gasteiger partial charge in [-0.1, -0.05) is 29.9 Å². The van der Waals surface area contributed by atoms with Gasteiger partial charge in [-0.05, 0) is 41.4 Å². The molecule has 1 aromatic heterocycles. The maximum Gasteiger partial charge on any atom is 0.106 e. The van der Waals surface area contributed by atoms with Crippen LogP contribution < -0.4 is 0 Å². The SMILES string of the molecule is CC1=CCC(CO)(c2cccc(Br)n2)C=C1. The van der Waals surface area contributed by atoms with Crippen molar-refractivity contribution in [2.75, 3.05) is 6.61 Å². The summed E-state index contributed by atoms with van der Waals surface area (Å²) in [5.74, 6) is 0. The highest BCUT2D eigenvalue weighted by Gasteiger charge is 2.30. The fourth-order valence-corrected chi connectivity index (χ4v) is 2.19. The Morgan fingerprint density at radius 1 is 1.50 bits per heavy atom. The van der Waals surface area contributed by atoms with Crippen LogP contribution >= 0.6 is 15.9 Å². The number of hydrogen-bond donors (Lipinski definition) is 1. The Bertz CT molecular complexity index is 453. The van der Waals surface area contributed by atoms with Crippen LogP contribution in [0.5, 0.6) is 0 Å². The van der Waals surface area contributed by atoms with E-state index in [0.29, 0.717) is 0 Å². The van der Waals surface area contributed by atoms with Crippen LogP contribution in [0.15, 0.2) is 46.6 Å². The molecular formula is C13H14BrNO. The highest BCUT2D eigenvalue weighted by Crippen LogP contribution is 2.33. The number of aliphatic hydroxyl groups excluding tert-OH is 1. The second-order valence-corrected chi connectivity index (χ2v) is 4.96. The van der Waals surface area contributed by atoms with E-state index in [0.717, 1.165) is 16.7 Å². The van der Waals surface area contributed by atoms with E-state index < -0.39 is 0 Å². The van der Waals surface area contributed by atoms with Gasteiger partial charge in [0.05, 0.1) is 17.7 Å². The highest BCUT2D eigenvalue weighted by atomic mass is 79.9. The number of pyridine rings is 1. The molecule has 0 spiro atoms. The molecule has 0 saturated heterocycles. The zero-order chi connectivity index (χ0) is 11.6. The topological polar surface area (TPSA) is 33.1 Å². The Morgan fingerprint density at radius 2 is 2.31 bits per heavy atom. The summed E-state index contributed by atoms with van der Waals surface area (Å²) in [6.45, 7) is 2.14. The van der Waals surface area contributed by atoms with Gasteiger partial charge in [-0.3, -0.25) is 0 Å². The molecule has 1 N–H and O–H groups in total. The van der Waals surface area contributed by atoms with E-state index in [9.17, 15) is 5.11 Å². The lowest BCUT2D eigenvalue weighted by Crippen LogP contribution is -2.30. The van der Waals surface area contributed by atoms with Crippen LogP contribution in [0.25, 0.3) is 0 Å². The Hall–Kier alpha value is -0.930. The van der Waals surface area contributed by atoms with Crippen molar-refractivity contribution in [2.24, 2.45) is 0 Å². The van der Waals surface area contributed by atoms with Crippen LogP contribution in [0.3, 0.4) is 0 Å².